The molecule has 0 aromatic carbocycles. The van der Waals surface area contributed by atoms with Crippen LogP contribution in [0, 0.1) is 0 Å². The zero-order chi connectivity index (χ0) is 12.6. The van der Waals surface area contributed by atoms with E-state index >= 15 is 0 Å². The monoisotopic (exact) mass is 231 g/mol. The molecule has 0 saturated carbocycles. The number of hydrogen-bond donors (Lipinski definition) is 5. The summed E-state index contributed by atoms with van der Waals surface area (Å²) in [5, 5.41) is 40.1. The Labute approximate surface area is 95.7 Å². The quantitative estimate of drug-likeness (QED) is 0.321. The predicted octanol–water partition coefficient (Wildman–Crippen LogP) is -1.22. The summed E-state index contributed by atoms with van der Waals surface area (Å²) in [6, 6.07) is -0.438. The van der Waals surface area contributed by atoms with Crippen LogP contribution in [-0.4, -0.2) is 57.9 Å². The molecule has 0 aliphatic rings. The van der Waals surface area contributed by atoms with Gasteiger partial charge in [-0.25, -0.2) is 0 Å². The number of rotatable bonds is 9. The second-order valence-electron chi connectivity index (χ2n) is 3.56. The SMILES string of the molecule is C=CCN[C@H](CC=C)[C@H](O)[C@@H](O)[C@H](O)CO. The molecule has 0 aromatic rings. The zero-order valence-electron chi connectivity index (χ0n) is 9.29. The van der Waals surface area contributed by atoms with Crippen molar-refractivity contribution in [2.24, 2.45) is 0 Å². The van der Waals surface area contributed by atoms with Crippen molar-refractivity contribution >= 4 is 0 Å². The van der Waals surface area contributed by atoms with E-state index in [-0.39, 0.29) is 0 Å². The number of hydrogen-bond acceptors (Lipinski definition) is 5. The third-order valence-electron chi connectivity index (χ3n) is 2.29. The van der Waals surface area contributed by atoms with Crippen molar-refractivity contribution in [1.29, 1.82) is 0 Å². The molecule has 0 aliphatic heterocycles. The smallest absolute Gasteiger partial charge is 0.109 e. The lowest BCUT2D eigenvalue weighted by Gasteiger charge is -2.28. The summed E-state index contributed by atoms with van der Waals surface area (Å²) in [5.74, 6) is 0. The Balaban J connectivity index is 4.38. The number of aliphatic hydroxyl groups excluding tert-OH is 4. The number of nitrogens with one attached hydrogen (secondary N) is 1. The highest BCUT2D eigenvalue weighted by Gasteiger charge is 2.29. The van der Waals surface area contributed by atoms with E-state index in [1.165, 1.54) is 0 Å². The van der Waals surface area contributed by atoms with E-state index in [2.05, 4.69) is 18.5 Å². The summed E-state index contributed by atoms with van der Waals surface area (Å²) in [7, 11) is 0. The molecule has 5 heteroatoms. The van der Waals surface area contributed by atoms with E-state index in [0.717, 1.165) is 0 Å². The van der Waals surface area contributed by atoms with Gasteiger partial charge in [-0.1, -0.05) is 12.2 Å². The molecule has 4 atom stereocenters. The van der Waals surface area contributed by atoms with Crippen LogP contribution in [-0.2, 0) is 0 Å². The molecular weight excluding hydrogens is 210 g/mol. The first-order valence-electron chi connectivity index (χ1n) is 5.18. The maximum atomic E-state index is 9.77. The molecule has 0 rings (SSSR count). The van der Waals surface area contributed by atoms with E-state index in [1.807, 2.05) is 0 Å². The minimum absolute atomic E-state index is 0.435. The lowest BCUT2D eigenvalue weighted by molar-refractivity contribution is -0.0863. The zero-order valence-corrected chi connectivity index (χ0v) is 9.29. The maximum absolute atomic E-state index is 9.77. The van der Waals surface area contributed by atoms with E-state index in [9.17, 15) is 15.3 Å². The molecule has 0 saturated heterocycles. The van der Waals surface area contributed by atoms with Crippen molar-refractivity contribution in [3.8, 4) is 0 Å². The Morgan fingerprint density at radius 1 is 1.06 bits per heavy atom. The largest absolute Gasteiger partial charge is 0.394 e. The van der Waals surface area contributed by atoms with Crippen LogP contribution in [0.25, 0.3) is 0 Å². The molecule has 0 bridgehead atoms. The van der Waals surface area contributed by atoms with Crippen molar-refractivity contribution in [2.45, 2.75) is 30.8 Å². The first-order chi connectivity index (χ1) is 7.58. The van der Waals surface area contributed by atoms with Crippen LogP contribution in [0.15, 0.2) is 25.3 Å². The summed E-state index contributed by atoms with van der Waals surface area (Å²) in [6.45, 7) is 6.94. The second kappa shape index (κ2) is 8.43. The van der Waals surface area contributed by atoms with Gasteiger partial charge in [-0.05, 0) is 6.42 Å². The van der Waals surface area contributed by atoms with Gasteiger partial charge in [0.15, 0.2) is 0 Å². The number of aliphatic hydroxyl groups is 4. The summed E-state index contributed by atoms with van der Waals surface area (Å²) >= 11 is 0. The fraction of sp³-hybridized carbons (Fsp3) is 0.636. The van der Waals surface area contributed by atoms with Crippen molar-refractivity contribution in [3.63, 3.8) is 0 Å². The summed E-state index contributed by atoms with van der Waals surface area (Å²) in [5.41, 5.74) is 0. The minimum atomic E-state index is -1.40. The van der Waals surface area contributed by atoms with Crippen molar-refractivity contribution in [3.05, 3.63) is 25.3 Å². The fourth-order valence-corrected chi connectivity index (χ4v) is 1.33. The van der Waals surface area contributed by atoms with Crippen LogP contribution in [0.1, 0.15) is 6.42 Å². The third kappa shape index (κ3) is 4.87. The van der Waals surface area contributed by atoms with E-state index in [0.29, 0.717) is 13.0 Å². The van der Waals surface area contributed by atoms with Gasteiger partial charge in [0.2, 0.25) is 0 Å². The molecule has 0 aliphatic carbocycles. The average Bonchev–Trinajstić information content (AvgIpc) is 2.31. The molecule has 0 heterocycles. The molecule has 94 valence electrons. The van der Waals surface area contributed by atoms with Crippen LogP contribution >= 0.6 is 0 Å². The van der Waals surface area contributed by atoms with Gasteiger partial charge in [0, 0.05) is 12.6 Å². The molecule has 5 nitrogen and oxygen atoms in total. The molecule has 0 aromatic heterocycles. The maximum Gasteiger partial charge on any atom is 0.109 e. The topological polar surface area (TPSA) is 93.0 Å². The van der Waals surface area contributed by atoms with Gasteiger partial charge in [0.05, 0.1) is 12.7 Å². The summed E-state index contributed by atoms with van der Waals surface area (Å²) in [4.78, 5) is 0. The molecule has 0 fully saturated rings. The molecule has 0 radical (unpaired) electrons. The average molecular weight is 231 g/mol. The first-order valence-corrected chi connectivity index (χ1v) is 5.18. The van der Waals surface area contributed by atoms with Gasteiger partial charge in [-0.15, -0.1) is 13.2 Å². The molecule has 5 N–H and O–H groups in total. The van der Waals surface area contributed by atoms with E-state index in [4.69, 9.17) is 5.11 Å². The van der Waals surface area contributed by atoms with Gasteiger partial charge < -0.3 is 25.7 Å². The second-order valence-corrected chi connectivity index (χ2v) is 3.56. The predicted molar refractivity (Wildman–Crippen MR) is 61.9 cm³/mol. The molecule has 0 spiro atoms. The molecule has 0 amide bonds. The van der Waals surface area contributed by atoms with Gasteiger partial charge in [-0.2, -0.15) is 0 Å². The first kappa shape index (κ1) is 15.3. The Morgan fingerprint density at radius 2 is 1.69 bits per heavy atom. The van der Waals surface area contributed by atoms with Crippen molar-refractivity contribution in [1.82, 2.24) is 5.32 Å². The van der Waals surface area contributed by atoms with Crippen LogP contribution < -0.4 is 5.32 Å². The van der Waals surface area contributed by atoms with Crippen LogP contribution in [0.2, 0.25) is 0 Å². The summed E-state index contributed by atoms with van der Waals surface area (Å²) in [6.07, 6.45) is -0.274. The Hall–Kier alpha value is -0.720. The van der Waals surface area contributed by atoms with Gasteiger partial charge >= 0.3 is 0 Å². The normalized spacial score (nSPS) is 18.5. The Kier molecular flexibility index (Phi) is 8.05. The standard InChI is InChI=1S/C11H21NO4/c1-3-5-8(12-6-4-2)10(15)11(16)9(14)7-13/h3-4,8-16H,1-2,5-7H2/t8-,9-,10+,11+/m1/s1. The summed E-state index contributed by atoms with van der Waals surface area (Å²) < 4.78 is 0. The lowest BCUT2D eigenvalue weighted by Crippen LogP contribution is -2.51. The van der Waals surface area contributed by atoms with Crippen LogP contribution in [0.5, 0.6) is 0 Å². The highest BCUT2D eigenvalue weighted by Crippen LogP contribution is 2.08. The molecule has 16 heavy (non-hydrogen) atoms. The van der Waals surface area contributed by atoms with Crippen LogP contribution in [0.3, 0.4) is 0 Å². The molecule has 0 unspecified atom stereocenters. The van der Waals surface area contributed by atoms with E-state index < -0.39 is 31.0 Å². The van der Waals surface area contributed by atoms with Gasteiger partial charge in [-0.3, -0.25) is 0 Å². The highest BCUT2D eigenvalue weighted by atomic mass is 16.4. The highest BCUT2D eigenvalue weighted by molar-refractivity contribution is 4.90. The minimum Gasteiger partial charge on any atom is -0.394 e. The van der Waals surface area contributed by atoms with Gasteiger partial charge in [0.1, 0.15) is 12.2 Å². The van der Waals surface area contributed by atoms with Gasteiger partial charge in [0.25, 0.3) is 0 Å². The fourth-order valence-electron chi connectivity index (χ4n) is 1.33. The Bertz CT molecular complexity index is 210. The van der Waals surface area contributed by atoms with Crippen molar-refractivity contribution in [2.75, 3.05) is 13.2 Å². The van der Waals surface area contributed by atoms with Crippen molar-refractivity contribution < 1.29 is 20.4 Å². The molecular formula is C11H21NO4. The third-order valence-corrected chi connectivity index (χ3v) is 2.29. The lowest BCUT2D eigenvalue weighted by atomic mass is 9.98. The Morgan fingerprint density at radius 3 is 2.12 bits per heavy atom. The van der Waals surface area contributed by atoms with Crippen LogP contribution in [0.4, 0.5) is 0 Å². The van der Waals surface area contributed by atoms with E-state index in [1.54, 1.807) is 12.2 Å².